The van der Waals surface area contributed by atoms with Crippen LogP contribution in [0.3, 0.4) is 0 Å². The number of aliphatic hydroxyl groups excluding tert-OH is 1. The first kappa shape index (κ1) is 14.0. The van der Waals surface area contributed by atoms with Crippen molar-refractivity contribution in [2.75, 3.05) is 0 Å². The zero-order chi connectivity index (χ0) is 14.5. The van der Waals surface area contributed by atoms with Crippen LogP contribution in [-0.4, -0.2) is 5.11 Å². The topological polar surface area (TPSA) is 53.2 Å². The SMILES string of the molecule is CC(O)c1ccc(F)cc1OCc1ccc(C#N)cc1. The van der Waals surface area contributed by atoms with E-state index in [2.05, 4.69) is 0 Å². The van der Waals surface area contributed by atoms with Crippen LogP contribution in [0.4, 0.5) is 4.39 Å². The molecular formula is C16H14FNO2. The Morgan fingerprint density at radius 1 is 1.25 bits per heavy atom. The molecule has 0 radical (unpaired) electrons. The predicted octanol–water partition coefficient (Wildman–Crippen LogP) is 3.33. The molecule has 0 aromatic heterocycles. The molecule has 1 atom stereocenters. The van der Waals surface area contributed by atoms with Crippen molar-refractivity contribution < 1.29 is 14.2 Å². The first-order chi connectivity index (χ1) is 9.60. The molecule has 2 aromatic rings. The predicted molar refractivity (Wildman–Crippen MR) is 72.5 cm³/mol. The number of hydrogen-bond donors (Lipinski definition) is 1. The summed E-state index contributed by atoms with van der Waals surface area (Å²) in [6.07, 6.45) is -0.730. The van der Waals surface area contributed by atoms with Gasteiger partial charge in [-0.25, -0.2) is 4.39 Å². The van der Waals surface area contributed by atoms with Gasteiger partial charge in [-0.3, -0.25) is 0 Å². The minimum absolute atomic E-state index is 0.245. The summed E-state index contributed by atoms with van der Waals surface area (Å²) in [6, 6.07) is 13.0. The first-order valence-electron chi connectivity index (χ1n) is 6.19. The zero-order valence-corrected chi connectivity index (χ0v) is 11.0. The van der Waals surface area contributed by atoms with E-state index in [9.17, 15) is 9.50 Å². The van der Waals surface area contributed by atoms with Gasteiger partial charge >= 0.3 is 0 Å². The highest BCUT2D eigenvalue weighted by Gasteiger charge is 2.10. The molecular weight excluding hydrogens is 257 g/mol. The van der Waals surface area contributed by atoms with Crippen LogP contribution in [0.25, 0.3) is 0 Å². The highest BCUT2D eigenvalue weighted by atomic mass is 19.1. The second-order valence-corrected chi connectivity index (χ2v) is 4.46. The third-order valence-corrected chi connectivity index (χ3v) is 2.90. The van der Waals surface area contributed by atoms with E-state index in [-0.39, 0.29) is 6.61 Å². The largest absolute Gasteiger partial charge is 0.488 e. The Bertz CT molecular complexity index is 630. The van der Waals surface area contributed by atoms with Crippen LogP contribution in [-0.2, 0) is 6.61 Å². The third kappa shape index (κ3) is 3.34. The molecule has 102 valence electrons. The molecule has 0 saturated heterocycles. The van der Waals surface area contributed by atoms with Crippen molar-refractivity contribution in [3.05, 3.63) is 65.0 Å². The summed E-state index contributed by atoms with van der Waals surface area (Å²) < 4.78 is 18.8. The van der Waals surface area contributed by atoms with Gasteiger partial charge in [0.15, 0.2) is 0 Å². The van der Waals surface area contributed by atoms with E-state index in [0.717, 1.165) is 5.56 Å². The van der Waals surface area contributed by atoms with Gasteiger partial charge in [0.05, 0.1) is 17.7 Å². The molecule has 1 unspecified atom stereocenters. The lowest BCUT2D eigenvalue weighted by atomic mass is 10.1. The number of rotatable bonds is 4. The van der Waals surface area contributed by atoms with Gasteiger partial charge in [-0.1, -0.05) is 12.1 Å². The lowest BCUT2D eigenvalue weighted by Gasteiger charge is -2.13. The maximum absolute atomic E-state index is 13.2. The normalized spacial score (nSPS) is 11.7. The van der Waals surface area contributed by atoms with Crippen LogP contribution in [0.2, 0.25) is 0 Å². The van der Waals surface area contributed by atoms with Gasteiger partial charge < -0.3 is 9.84 Å². The quantitative estimate of drug-likeness (QED) is 0.928. The molecule has 4 heteroatoms. The molecule has 20 heavy (non-hydrogen) atoms. The first-order valence-corrected chi connectivity index (χ1v) is 6.19. The lowest BCUT2D eigenvalue weighted by Crippen LogP contribution is -2.01. The van der Waals surface area contributed by atoms with E-state index < -0.39 is 11.9 Å². The molecule has 3 nitrogen and oxygen atoms in total. The Kier molecular flexibility index (Phi) is 4.34. The van der Waals surface area contributed by atoms with Crippen molar-refractivity contribution in [1.82, 2.24) is 0 Å². The lowest BCUT2D eigenvalue weighted by molar-refractivity contribution is 0.190. The third-order valence-electron chi connectivity index (χ3n) is 2.90. The average Bonchev–Trinajstić information content (AvgIpc) is 2.45. The van der Waals surface area contributed by atoms with Gasteiger partial charge in [0.2, 0.25) is 0 Å². The van der Waals surface area contributed by atoms with Crippen molar-refractivity contribution in [3.8, 4) is 11.8 Å². The van der Waals surface area contributed by atoms with E-state index >= 15 is 0 Å². The van der Waals surface area contributed by atoms with E-state index in [1.807, 2.05) is 6.07 Å². The summed E-state index contributed by atoms with van der Waals surface area (Å²) in [6.45, 7) is 1.84. The van der Waals surface area contributed by atoms with E-state index in [0.29, 0.717) is 16.9 Å². The van der Waals surface area contributed by atoms with Gasteiger partial charge in [-0.05, 0) is 36.8 Å². The molecule has 1 N–H and O–H groups in total. The van der Waals surface area contributed by atoms with Crippen LogP contribution < -0.4 is 4.74 Å². The van der Waals surface area contributed by atoms with Crippen LogP contribution in [0, 0.1) is 17.1 Å². The summed E-state index contributed by atoms with van der Waals surface area (Å²) in [5, 5.41) is 18.3. The Morgan fingerprint density at radius 2 is 1.95 bits per heavy atom. The second-order valence-electron chi connectivity index (χ2n) is 4.46. The van der Waals surface area contributed by atoms with Gasteiger partial charge in [0.25, 0.3) is 0 Å². The molecule has 0 fully saturated rings. The summed E-state index contributed by atoms with van der Waals surface area (Å²) in [7, 11) is 0. The van der Waals surface area contributed by atoms with Crippen molar-refractivity contribution >= 4 is 0 Å². The van der Waals surface area contributed by atoms with E-state index in [1.165, 1.54) is 18.2 Å². The van der Waals surface area contributed by atoms with Crippen molar-refractivity contribution in [2.24, 2.45) is 0 Å². The average molecular weight is 271 g/mol. The standard InChI is InChI=1S/C16H14FNO2/c1-11(19)15-7-6-14(17)8-16(15)20-10-13-4-2-12(9-18)3-5-13/h2-8,11,19H,10H2,1H3. The van der Waals surface area contributed by atoms with Gasteiger partial charge in [-0.2, -0.15) is 5.26 Å². The fourth-order valence-electron chi connectivity index (χ4n) is 1.81. The summed E-state index contributed by atoms with van der Waals surface area (Å²) in [5.41, 5.74) is 1.98. The Labute approximate surface area is 116 Å². The summed E-state index contributed by atoms with van der Waals surface area (Å²) >= 11 is 0. The second kappa shape index (κ2) is 6.18. The van der Waals surface area contributed by atoms with Crippen molar-refractivity contribution in [3.63, 3.8) is 0 Å². The Balaban J connectivity index is 2.13. The number of nitrogens with zero attached hydrogens (tertiary/aromatic N) is 1. The summed E-state index contributed by atoms with van der Waals surface area (Å²) in [4.78, 5) is 0. The molecule has 2 rings (SSSR count). The molecule has 0 aliphatic carbocycles. The van der Waals surface area contributed by atoms with Crippen molar-refractivity contribution in [1.29, 1.82) is 5.26 Å². The minimum atomic E-state index is -0.730. The van der Waals surface area contributed by atoms with Gasteiger partial charge in [0, 0.05) is 11.6 Å². The molecule has 0 aliphatic rings. The maximum atomic E-state index is 13.2. The molecule has 0 heterocycles. The fourth-order valence-corrected chi connectivity index (χ4v) is 1.81. The number of aliphatic hydroxyl groups is 1. The number of ether oxygens (including phenoxy) is 1. The number of hydrogen-bond acceptors (Lipinski definition) is 3. The fraction of sp³-hybridized carbons (Fsp3) is 0.188. The molecule has 0 saturated carbocycles. The molecule has 0 spiro atoms. The van der Waals surface area contributed by atoms with Gasteiger partial charge in [-0.15, -0.1) is 0 Å². The Hall–Kier alpha value is -2.38. The summed E-state index contributed by atoms with van der Waals surface area (Å²) in [5.74, 6) is -0.0893. The Morgan fingerprint density at radius 3 is 2.55 bits per heavy atom. The highest BCUT2D eigenvalue weighted by molar-refractivity contribution is 5.36. The van der Waals surface area contributed by atoms with Crippen LogP contribution >= 0.6 is 0 Å². The highest BCUT2D eigenvalue weighted by Crippen LogP contribution is 2.26. The smallest absolute Gasteiger partial charge is 0.128 e. The zero-order valence-electron chi connectivity index (χ0n) is 11.0. The maximum Gasteiger partial charge on any atom is 0.128 e. The minimum Gasteiger partial charge on any atom is -0.488 e. The monoisotopic (exact) mass is 271 g/mol. The molecule has 0 aliphatic heterocycles. The van der Waals surface area contributed by atoms with Crippen LogP contribution in [0.5, 0.6) is 5.75 Å². The molecule has 0 amide bonds. The van der Waals surface area contributed by atoms with E-state index in [1.54, 1.807) is 31.2 Å². The molecule has 0 bridgehead atoms. The number of benzene rings is 2. The molecule has 2 aromatic carbocycles. The van der Waals surface area contributed by atoms with Crippen LogP contribution in [0.15, 0.2) is 42.5 Å². The van der Waals surface area contributed by atoms with Gasteiger partial charge in [0.1, 0.15) is 18.2 Å². The van der Waals surface area contributed by atoms with E-state index in [4.69, 9.17) is 10.00 Å². The van der Waals surface area contributed by atoms with Crippen molar-refractivity contribution in [2.45, 2.75) is 19.6 Å². The number of halogens is 1. The van der Waals surface area contributed by atoms with Crippen LogP contribution in [0.1, 0.15) is 29.7 Å². The number of nitriles is 1.